The maximum atomic E-state index is 11.3. The van der Waals surface area contributed by atoms with Gasteiger partial charge in [-0.3, -0.25) is 4.79 Å². The number of ether oxygens (including phenoxy) is 1. The molecule has 0 unspecified atom stereocenters. The Bertz CT molecular complexity index is 184. The summed E-state index contributed by atoms with van der Waals surface area (Å²) in [6.07, 6.45) is 1.98. The Morgan fingerprint density at radius 1 is 1.67 bits per heavy atom. The van der Waals surface area contributed by atoms with Crippen LogP contribution in [0.25, 0.3) is 0 Å². The first-order valence-electron chi connectivity index (χ1n) is 4.17. The van der Waals surface area contributed by atoms with Gasteiger partial charge in [0.25, 0.3) is 0 Å². The first-order valence-corrected chi connectivity index (χ1v) is 4.17. The highest BCUT2D eigenvalue weighted by Gasteiger charge is 2.56. The zero-order chi connectivity index (χ0) is 7.90. The molecule has 1 aliphatic carbocycles. The van der Waals surface area contributed by atoms with Crippen molar-refractivity contribution in [3.63, 3.8) is 0 Å². The minimum absolute atomic E-state index is 0. The van der Waals surface area contributed by atoms with Crippen molar-refractivity contribution in [2.75, 3.05) is 13.2 Å². The van der Waals surface area contributed by atoms with Crippen LogP contribution in [0.15, 0.2) is 0 Å². The Morgan fingerprint density at radius 3 is 2.75 bits per heavy atom. The first kappa shape index (κ1) is 9.81. The van der Waals surface area contributed by atoms with E-state index in [-0.39, 0.29) is 23.8 Å². The second-order valence-electron chi connectivity index (χ2n) is 3.49. The number of esters is 1. The van der Waals surface area contributed by atoms with Gasteiger partial charge >= 0.3 is 5.97 Å². The molecule has 2 heterocycles. The number of hydrogen-bond donors (Lipinski definition) is 1. The Hall–Kier alpha value is -0.280. The number of hydrogen-bond acceptors (Lipinski definition) is 3. The molecule has 0 amide bonds. The van der Waals surface area contributed by atoms with Gasteiger partial charge in [0.2, 0.25) is 0 Å². The second kappa shape index (κ2) is 3.23. The van der Waals surface area contributed by atoms with Crippen LogP contribution in [0.3, 0.4) is 0 Å². The molecule has 1 saturated carbocycles. The van der Waals surface area contributed by atoms with E-state index in [1.807, 2.05) is 6.92 Å². The molecular formula is C8H14ClNO2. The van der Waals surface area contributed by atoms with Gasteiger partial charge in [0.05, 0.1) is 12.0 Å². The molecule has 4 heteroatoms. The summed E-state index contributed by atoms with van der Waals surface area (Å²) in [7, 11) is 0. The van der Waals surface area contributed by atoms with Crippen LogP contribution in [0.1, 0.15) is 19.8 Å². The highest BCUT2D eigenvalue weighted by molar-refractivity contribution is 5.85. The molecule has 2 aliphatic heterocycles. The molecule has 0 radical (unpaired) electrons. The number of carbonyl (C=O) groups is 1. The summed E-state index contributed by atoms with van der Waals surface area (Å²) in [6, 6.07) is 0.597. The van der Waals surface area contributed by atoms with Crippen molar-refractivity contribution >= 4 is 18.4 Å². The minimum Gasteiger partial charge on any atom is -0.466 e. The molecule has 0 aromatic heterocycles. The molecular weight excluding hydrogens is 178 g/mol. The largest absolute Gasteiger partial charge is 0.466 e. The molecule has 70 valence electrons. The standard InChI is InChI=1S/C8H13NO2.ClH/c1-2-11-7(10)8-3-6(4-8)9-5-8;/h6,9H,2-5H2,1H3;1H. The van der Waals surface area contributed by atoms with E-state index in [4.69, 9.17) is 4.74 Å². The van der Waals surface area contributed by atoms with Gasteiger partial charge in [0, 0.05) is 12.6 Å². The maximum Gasteiger partial charge on any atom is 0.313 e. The third-order valence-corrected chi connectivity index (χ3v) is 2.71. The quantitative estimate of drug-likeness (QED) is 0.654. The monoisotopic (exact) mass is 191 g/mol. The van der Waals surface area contributed by atoms with Crippen molar-refractivity contribution in [1.29, 1.82) is 0 Å². The Balaban J connectivity index is 0.000000720. The van der Waals surface area contributed by atoms with Gasteiger partial charge in [-0.15, -0.1) is 12.4 Å². The predicted molar refractivity (Wildman–Crippen MR) is 47.3 cm³/mol. The van der Waals surface area contributed by atoms with Gasteiger partial charge in [0.15, 0.2) is 0 Å². The fraction of sp³-hybridized carbons (Fsp3) is 0.875. The van der Waals surface area contributed by atoms with Crippen LogP contribution in [0, 0.1) is 5.41 Å². The number of halogens is 1. The maximum absolute atomic E-state index is 11.3. The van der Waals surface area contributed by atoms with Crippen LogP contribution in [-0.4, -0.2) is 25.2 Å². The molecule has 12 heavy (non-hydrogen) atoms. The molecule has 0 spiro atoms. The molecule has 2 bridgehead atoms. The third-order valence-electron chi connectivity index (χ3n) is 2.71. The summed E-state index contributed by atoms with van der Waals surface area (Å²) in [5.74, 6) is 0.00116. The van der Waals surface area contributed by atoms with Gasteiger partial charge in [-0.2, -0.15) is 0 Å². The fourth-order valence-electron chi connectivity index (χ4n) is 2.03. The van der Waals surface area contributed by atoms with E-state index in [9.17, 15) is 4.79 Å². The normalized spacial score (nSPS) is 36.6. The average molecular weight is 192 g/mol. The van der Waals surface area contributed by atoms with E-state index >= 15 is 0 Å². The second-order valence-corrected chi connectivity index (χ2v) is 3.49. The van der Waals surface area contributed by atoms with E-state index in [1.54, 1.807) is 0 Å². The summed E-state index contributed by atoms with van der Waals surface area (Å²) in [4.78, 5) is 11.3. The van der Waals surface area contributed by atoms with Crippen molar-refractivity contribution in [3.8, 4) is 0 Å². The van der Waals surface area contributed by atoms with Gasteiger partial charge in [-0.25, -0.2) is 0 Å². The van der Waals surface area contributed by atoms with Crippen LogP contribution < -0.4 is 5.32 Å². The third kappa shape index (κ3) is 1.21. The molecule has 3 fully saturated rings. The smallest absolute Gasteiger partial charge is 0.313 e. The SMILES string of the molecule is CCOC(=O)C12CNC(C1)C2.Cl. The van der Waals surface area contributed by atoms with Crippen LogP contribution in [0.2, 0.25) is 0 Å². The lowest BCUT2D eigenvalue weighted by atomic mass is 9.70. The number of nitrogens with one attached hydrogen (secondary N) is 1. The molecule has 0 aromatic carbocycles. The molecule has 2 saturated heterocycles. The lowest BCUT2D eigenvalue weighted by Crippen LogP contribution is -2.41. The summed E-state index contributed by atoms with van der Waals surface area (Å²) < 4.78 is 4.99. The van der Waals surface area contributed by atoms with Gasteiger partial charge in [-0.1, -0.05) is 0 Å². The van der Waals surface area contributed by atoms with Crippen molar-refractivity contribution in [2.24, 2.45) is 5.41 Å². The molecule has 3 aliphatic rings. The highest BCUT2D eigenvalue weighted by Crippen LogP contribution is 2.47. The first-order chi connectivity index (χ1) is 5.27. The number of fused-ring (bicyclic) bond motifs is 1. The molecule has 3 rings (SSSR count). The van der Waals surface area contributed by atoms with E-state index in [1.165, 1.54) is 0 Å². The Morgan fingerprint density at radius 2 is 2.33 bits per heavy atom. The zero-order valence-electron chi connectivity index (χ0n) is 7.13. The number of rotatable bonds is 2. The molecule has 1 N–H and O–H groups in total. The van der Waals surface area contributed by atoms with E-state index in [0.717, 1.165) is 19.4 Å². The lowest BCUT2D eigenvalue weighted by molar-refractivity contribution is -0.157. The van der Waals surface area contributed by atoms with Crippen LogP contribution >= 0.6 is 12.4 Å². The average Bonchev–Trinajstić information content (AvgIpc) is 2.42. The zero-order valence-corrected chi connectivity index (χ0v) is 7.95. The van der Waals surface area contributed by atoms with Crippen molar-refractivity contribution in [1.82, 2.24) is 5.32 Å². The van der Waals surface area contributed by atoms with E-state index < -0.39 is 0 Å². The molecule has 0 aromatic rings. The van der Waals surface area contributed by atoms with Crippen LogP contribution in [0.5, 0.6) is 0 Å². The van der Waals surface area contributed by atoms with Gasteiger partial charge in [-0.05, 0) is 19.8 Å². The topological polar surface area (TPSA) is 38.3 Å². The molecule has 0 atom stereocenters. The highest BCUT2D eigenvalue weighted by atomic mass is 35.5. The molecule has 3 nitrogen and oxygen atoms in total. The van der Waals surface area contributed by atoms with Crippen molar-refractivity contribution in [3.05, 3.63) is 0 Å². The lowest BCUT2D eigenvalue weighted by Gasteiger charge is -2.33. The van der Waals surface area contributed by atoms with Crippen molar-refractivity contribution < 1.29 is 9.53 Å². The van der Waals surface area contributed by atoms with Crippen LogP contribution in [-0.2, 0) is 9.53 Å². The Kier molecular flexibility index (Phi) is 2.64. The minimum atomic E-state index is -0.124. The fourth-order valence-corrected chi connectivity index (χ4v) is 2.03. The summed E-state index contributed by atoms with van der Waals surface area (Å²) >= 11 is 0. The van der Waals surface area contributed by atoms with E-state index in [0.29, 0.717) is 12.6 Å². The summed E-state index contributed by atoms with van der Waals surface area (Å²) in [5.41, 5.74) is -0.124. The van der Waals surface area contributed by atoms with Gasteiger partial charge in [0.1, 0.15) is 0 Å². The summed E-state index contributed by atoms with van der Waals surface area (Å²) in [6.45, 7) is 3.19. The van der Waals surface area contributed by atoms with Crippen molar-refractivity contribution in [2.45, 2.75) is 25.8 Å². The van der Waals surface area contributed by atoms with Gasteiger partial charge < -0.3 is 10.1 Å². The van der Waals surface area contributed by atoms with Crippen LogP contribution in [0.4, 0.5) is 0 Å². The summed E-state index contributed by atoms with van der Waals surface area (Å²) in [5, 5.41) is 3.27. The van der Waals surface area contributed by atoms with E-state index in [2.05, 4.69) is 5.32 Å². The predicted octanol–water partition coefficient (Wildman–Crippen LogP) is 0.723. The number of carbonyl (C=O) groups excluding carboxylic acids is 1. The Labute approximate surface area is 78.3 Å².